The Labute approximate surface area is 211 Å². The van der Waals surface area contributed by atoms with Crippen LogP contribution in [-0.2, 0) is 9.31 Å². The second-order valence-corrected chi connectivity index (χ2v) is 11.2. The predicted molar refractivity (Wildman–Crippen MR) is 150 cm³/mol. The van der Waals surface area contributed by atoms with E-state index in [-0.39, 0.29) is 11.2 Å². The van der Waals surface area contributed by atoms with Gasteiger partial charge in [-0.15, -0.1) is 11.3 Å². The number of para-hydroxylation sites is 2. The normalized spacial score (nSPS) is 16.7. The quantitative estimate of drug-likeness (QED) is 0.246. The maximum Gasteiger partial charge on any atom is 0.495 e. The van der Waals surface area contributed by atoms with Crippen LogP contribution in [0.4, 0.5) is 17.1 Å². The molecule has 0 amide bonds. The number of benzene rings is 4. The molecule has 0 atom stereocenters. The van der Waals surface area contributed by atoms with Gasteiger partial charge in [0.1, 0.15) is 0 Å². The van der Waals surface area contributed by atoms with Crippen molar-refractivity contribution in [3.05, 3.63) is 97.1 Å². The first-order valence-electron chi connectivity index (χ1n) is 12.1. The van der Waals surface area contributed by atoms with Crippen molar-refractivity contribution in [1.82, 2.24) is 0 Å². The highest BCUT2D eigenvalue weighted by Crippen LogP contribution is 2.42. The van der Waals surface area contributed by atoms with Crippen LogP contribution in [0.15, 0.2) is 97.1 Å². The van der Waals surface area contributed by atoms with Gasteiger partial charge in [0.2, 0.25) is 0 Å². The summed E-state index contributed by atoms with van der Waals surface area (Å²) in [6.07, 6.45) is 0. The molecule has 1 aromatic heterocycles. The van der Waals surface area contributed by atoms with E-state index >= 15 is 0 Å². The SMILES string of the molecule is CC1(C)OB(c2cccc3sc4ccc(N(c5ccccc5)c5ccccc5)cc4c23)OC1(C)C. The average Bonchev–Trinajstić information content (AvgIpc) is 3.33. The molecule has 0 unspecified atom stereocenters. The van der Waals surface area contributed by atoms with Gasteiger partial charge in [-0.25, -0.2) is 0 Å². The first-order valence-corrected chi connectivity index (χ1v) is 12.9. The Morgan fingerprint density at radius 3 is 1.83 bits per heavy atom. The van der Waals surface area contributed by atoms with Crippen LogP contribution in [0.25, 0.3) is 20.2 Å². The summed E-state index contributed by atoms with van der Waals surface area (Å²) < 4.78 is 15.4. The number of nitrogens with zero attached hydrogens (tertiary/aromatic N) is 1. The zero-order valence-electron chi connectivity index (χ0n) is 20.5. The molecule has 0 saturated carbocycles. The Morgan fingerprint density at radius 1 is 0.629 bits per heavy atom. The standard InChI is InChI=1S/C30H28BNO2S/c1-29(2)30(3,4)34-31(33-29)25-16-11-17-27-28(25)24-20-23(18-19-26(24)35-27)32(21-12-7-5-8-13-21)22-14-9-6-10-15-22/h5-20H,1-4H3. The molecule has 35 heavy (non-hydrogen) atoms. The van der Waals surface area contributed by atoms with E-state index in [1.807, 2.05) is 11.3 Å². The van der Waals surface area contributed by atoms with E-state index in [0.717, 1.165) is 22.5 Å². The van der Waals surface area contributed by atoms with Gasteiger partial charge in [0.25, 0.3) is 0 Å². The third-order valence-corrected chi connectivity index (χ3v) is 8.44. The molecule has 6 rings (SSSR count). The van der Waals surface area contributed by atoms with Gasteiger partial charge in [-0.05, 0) is 81.7 Å². The Balaban J connectivity index is 1.54. The van der Waals surface area contributed by atoms with Gasteiger partial charge in [-0.1, -0.05) is 48.5 Å². The summed E-state index contributed by atoms with van der Waals surface area (Å²) in [6.45, 7) is 8.42. The van der Waals surface area contributed by atoms with E-state index in [9.17, 15) is 0 Å². The molecule has 5 heteroatoms. The van der Waals surface area contributed by atoms with Crippen molar-refractivity contribution in [1.29, 1.82) is 0 Å². The van der Waals surface area contributed by atoms with Crippen LogP contribution in [0, 0.1) is 0 Å². The van der Waals surface area contributed by atoms with Crippen molar-refractivity contribution in [3.8, 4) is 0 Å². The molecule has 0 bridgehead atoms. The minimum Gasteiger partial charge on any atom is -0.399 e. The maximum atomic E-state index is 6.46. The summed E-state index contributed by atoms with van der Waals surface area (Å²) in [5.41, 5.74) is 3.71. The van der Waals surface area contributed by atoms with Crippen LogP contribution < -0.4 is 10.4 Å². The Morgan fingerprint density at radius 2 is 1.23 bits per heavy atom. The second kappa shape index (κ2) is 8.23. The largest absolute Gasteiger partial charge is 0.495 e. The lowest BCUT2D eigenvalue weighted by Crippen LogP contribution is -2.41. The summed E-state index contributed by atoms with van der Waals surface area (Å²) in [6, 6.07) is 34.3. The third kappa shape index (κ3) is 3.75. The number of fused-ring (bicyclic) bond motifs is 3. The van der Waals surface area contributed by atoms with Gasteiger partial charge in [-0.3, -0.25) is 0 Å². The highest BCUT2D eigenvalue weighted by Gasteiger charge is 2.52. The first-order chi connectivity index (χ1) is 16.8. The fourth-order valence-corrected chi connectivity index (χ4v) is 5.87. The fraction of sp³-hybridized carbons (Fsp3) is 0.200. The Bertz CT molecular complexity index is 1460. The Hall–Kier alpha value is -3.12. The lowest BCUT2D eigenvalue weighted by molar-refractivity contribution is 0.00578. The predicted octanol–water partition coefficient (Wildman–Crippen LogP) is 7.82. The summed E-state index contributed by atoms with van der Waals surface area (Å²) in [5.74, 6) is 0. The molecule has 0 radical (unpaired) electrons. The molecule has 1 fully saturated rings. The highest BCUT2D eigenvalue weighted by molar-refractivity contribution is 7.26. The summed E-state index contributed by atoms with van der Waals surface area (Å²) in [5, 5.41) is 2.44. The maximum absolute atomic E-state index is 6.46. The van der Waals surface area contributed by atoms with Crippen molar-refractivity contribution in [2.75, 3.05) is 4.90 Å². The number of hydrogen-bond donors (Lipinski definition) is 0. The highest BCUT2D eigenvalue weighted by atomic mass is 32.1. The van der Waals surface area contributed by atoms with Crippen LogP contribution >= 0.6 is 11.3 Å². The topological polar surface area (TPSA) is 21.7 Å². The van der Waals surface area contributed by atoms with E-state index in [1.165, 1.54) is 20.2 Å². The number of thiophene rings is 1. The van der Waals surface area contributed by atoms with E-state index in [2.05, 4.69) is 130 Å². The van der Waals surface area contributed by atoms with E-state index < -0.39 is 7.12 Å². The van der Waals surface area contributed by atoms with Crippen molar-refractivity contribution in [2.45, 2.75) is 38.9 Å². The Kier molecular flexibility index (Phi) is 5.26. The van der Waals surface area contributed by atoms with Crippen LogP contribution in [0.2, 0.25) is 0 Å². The molecule has 5 aromatic rings. The first kappa shape index (κ1) is 22.4. The van der Waals surface area contributed by atoms with Crippen molar-refractivity contribution >= 4 is 61.2 Å². The molecular formula is C30H28BNO2S. The molecule has 1 aliphatic heterocycles. The van der Waals surface area contributed by atoms with Crippen LogP contribution in [0.3, 0.4) is 0 Å². The number of hydrogen-bond acceptors (Lipinski definition) is 4. The number of anilines is 3. The zero-order chi connectivity index (χ0) is 24.2. The van der Waals surface area contributed by atoms with Gasteiger partial charge < -0.3 is 14.2 Å². The van der Waals surface area contributed by atoms with Crippen molar-refractivity contribution in [2.24, 2.45) is 0 Å². The number of rotatable bonds is 4. The second-order valence-electron chi connectivity index (χ2n) is 10.1. The van der Waals surface area contributed by atoms with Gasteiger partial charge in [0, 0.05) is 37.2 Å². The molecule has 174 valence electrons. The molecule has 2 heterocycles. The van der Waals surface area contributed by atoms with E-state index in [0.29, 0.717) is 0 Å². The summed E-state index contributed by atoms with van der Waals surface area (Å²) >= 11 is 1.82. The van der Waals surface area contributed by atoms with Crippen LogP contribution in [-0.4, -0.2) is 18.3 Å². The molecule has 0 aliphatic carbocycles. The molecular weight excluding hydrogens is 449 g/mol. The average molecular weight is 477 g/mol. The van der Waals surface area contributed by atoms with E-state index in [1.54, 1.807) is 0 Å². The lowest BCUT2D eigenvalue weighted by atomic mass is 9.76. The van der Waals surface area contributed by atoms with Crippen molar-refractivity contribution < 1.29 is 9.31 Å². The van der Waals surface area contributed by atoms with Gasteiger partial charge in [0.05, 0.1) is 11.2 Å². The minimum absolute atomic E-state index is 0.381. The van der Waals surface area contributed by atoms with Crippen molar-refractivity contribution in [3.63, 3.8) is 0 Å². The zero-order valence-corrected chi connectivity index (χ0v) is 21.3. The van der Waals surface area contributed by atoms with Gasteiger partial charge in [0.15, 0.2) is 0 Å². The fourth-order valence-electron chi connectivity index (χ4n) is 4.75. The molecule has 4 aromatic carbocycles. The van der Waals surface area contributed by atoms with Gasteiger partial charge in [-0.2, -0.15) is 0 Å². The monoisotopic (exact) mass is 477 g/mol. The third-order valence-electron chi connectivity index (χ3n) is 7.31. The minimum atomic E-state index is -0.399. The van der Waals surface area contributed by atoms with Gasteiger partial charge >= 0.3 is 7.12 Å². The molecule has 3 nitrogen and oxygen atoms in total. The van der Waals surface area contributed by atoms with E-state index in [4.69, 9.17) is 9.31 Å². The summed E-state index contributed by atoms with van der Waals surface area (Å²) in [7, 11) is -0.399. The lowest BCUT2D eigenvalue weighted by Gasteiger charge is -2.32. The smallest absolute Gasteiger partial charge is 0.399 e. The van der Waals surface area contributed by atoms with Crippen LogP contribution in [0.5, 0.6) is 0 Å². The molecule has 0 spiro atoms. The molecule has 0 N–H and O–H groups in total. The molecule has 1 aliphatic rings. The summed E-state index contributed by atoms with van der Waals surface area (Å²) in [4.78, 5) is 2.31. The molecule has 1 saturated heterocycles. The van der Waals surface area contributed by atoms with Crippen LogP contribution in [0.1, 0.15) is 27.7 Å².